The summed E-state index contributed by atoms with van der Waals surface area (Å²) in [6.45, 7) is 0.601. The molecule has 2 aromatic rings. The van der Waals surface area contributed by atoms with Crippen LogP contribution in [0.15, 0.2) is 36.7 Å². The third-order valence-corrected chi connectivity index (χ3v) is 2.67. The number of hydrogen-bond donors (Lipinski definition) is 2. The third-order valence-electron chi connectivity index (χ3n) is 2.67. The minimum absolute atomic E-state index is 0.0809. The summed E-state index contributed by atoms with van der Waals surface area (Å²) in [5.41, 5.74) is 7.84. The van der Waals surface area contributed by atoms with Crippen LogP contribution in [0.4, 0.5) is 11.6 Å². The maximum atomic E-state index is 8.94. The minimum atomic E-state index is 0.0809. The third kappa shape index (κ3) is 2.75. The molecule has 2 rings (SSSR count). The Morgan fingerprint density at radius 1 is 1.22 bits per heavy atom. The average molecular weight is 244 g/mol. The van der Waals surface area contributed by atoms with E-state index in [1.807, 2.05) is 36.2 Å². The van der Waals surface area contributed by atoms with Gasteiger partial charge in [-0.3, -0.25) is 4.98 Å². The van der Waals surface area contributed by atoms with Crippen LogP contribution in [-0.4, -0.2) is 35.3 Å². The Morgan fingerprint density at radius 3 is 2.61 bits per heavy atom. The number of hydrogen-bond acceptors (Lipinski definition) is 5. The Hall–Kier alpha value is -2.14. The van der Waals surface area contributed by atoms with Crippen molar-refractivity contribution in [3.05, 3.63) is 36.7 Å². The Kier molecular flexibility index (Phi) is 3.74. The lowest BCUT2D eigenvalue weighted by atomic mass is 10.1. The van der Waals surface area contributed by atoms with Gasteiger partial charge in [0.15, 0.2) is 0 Å². The van der Waals surface area contributed by atoms with Crippen molar-refractivity contribution in [1.82, 2.24) is 9.97 Å². The Labute approximate surface area is 106 Å². The highest BCUT2D eigenvalue weighted by molar-refractivity contribution is 5.69. The molecule has 0 radical (unpaired) electrons. The molecule has 2 aromatic heterocycles. The molecule has 0 spiro atoms. The molecule has 0 aliphatic heterocycles. The molecule has 0 amide bonds. The van der Waals surface area contributed by atoms with Crippen molar-refractivity contribution >= 4 is 11.6 Å². The molecule has 5 nitrogen and oxygen atoms in total. The van der Waals surface area contributed by atoms with E-state index in [1.165, 1.54) is 0 Å². The average Bonchev–Trinajstić information content (AvgIpc) is 2.39. The van der Waals surface area contributed by atoms with Gasteiger partial charge in [-0.1, -0.05) is 0 Å². The van der Waals surface area contributed by atoms with Crippen molar-refractivity contribution < 1.29 is 5.11 Å². The van der Waals surface area contributed by atoms with E-state index in [0.29, 0.717) is 12.4 Å². The molecule has 0 bridgehead atoms. The number of pyridine rings is 2. The molecule has 0 saturated carbocycles. The fourth-order valence-corrected chi connectivity index (χ4v) is 1.71. The number of nitrogens with zero attached hydrogens (tertiary/aromatic N) is 3. The maximum absolute atomic E-state index is 8.94. The summed E-state index contributed by atoms with van der Waals surface area (Å²) >= 11 is 0. The predicted octanol–water partition coefficient (Wildman–Crippen LogP) is 1.15. The lowest BCUT2D eigenvalue weighted by molar-refractivity contribution is 0.304. The molecule has 2 heterocycles. The summed E-state index contributed by atoms with van der Waals surface area (Å²) in [5.74, 6) is 1.21. The summed E-state index contributed by atoms with van der Waals surface area (Å²) in [6, 6.07) is 7.61. The molecule has 94 valence electrons. The fraction of sp³-hybridized carbons (Fsp3) is 0.231. The molecule has 0 fully saturated rings. The number of aliphatic hydroxyl groups is 1. The molecule has 0 unspecified atom stereocenters. The summed E-state index contributed by atoms with van der Waals surface area (Å²) in [6.07, 6.45) is 3.48. The second-order valence-electron chi connectivity index (χ2n) is 4.02. The quantitative estimate of drug-likeness (QED) is 0.844. The molecular weight excluding hydrogens is 228 g/mol. The van der Waals surface area contributed by atoms with Gasteiger partial charge in [0.2, 0.25) is 0 Å². The molecule has 3 N–H and O–H groups in total. The van der Waals surface area contributed by atoms with Crippen LogP contribution in [0.25, 0.3) is 11.1 Å². The minimum Gasteiger partial charge on any atom is -0.395 e. The van der Waals surface area contributed by atoms with Gasteiger partial charge in [0.05, 0.1) is 6.61 Å². The van der Waals surface area contributed by atoms with E-state index >= 15 is 0 Å². The highest BCUT2D eigenvalue weighted by Gasteiger charge is 2.06. The number of aromatic nitrogens is 2. The van der Waals surface area contributed by atoms with Gasteiger partial charge in [-0.05, 0) is 35.4 Å². The second kappa shape index (κ2) is 5.46. The number of anilines is 2. The Bertz CT molecular complexity index is 516. The van der Waals surface area contributed by atoms with Crippen molar-refractivity contribution in [3.63, 3.8) is 0 Å². The van der Waals surface area contributed by atoms with E-state index in [0.717, 1.165) is 16.9 Å². The highest BCUT2D eigenvalue weighted by Crippen LogP contribution is 2.24. The van der Waals surface area contributed by atoms with E-state index in [2.05, 4.69) is 9.97 Å². The Morgan fingerprint density at radius 2 is 1.94 bits per heavy atom. The SMILES string of the molecule is CN(CCO)c1cc(-c2ccncc2)cc(N)n1. The van der Waals surface area contributed by atoms with E-state index < -0.39 is 0 Å². The zero-order valence-electron chi connectivity index (χ0n) is 10.2. The molecule has 0 saturated heterocycles. The number of nitrogen functional groups attached to an aromatic ring is 1. The van der Waals surface area contributed by atoms with Crippen LogP contribution in [0.3, 0.4) is 0 Å². The van der Waals surface area contributed by atoms with Gasteiger partial charge < -0.3 is 15.7 Å². The van der Waals surface area contributed by atoms with E-state index in [1.54, 1.807) is 12.4 Å². The van der Waals surface area contributed by atoms with Crippen molar-refractivity contribution in [3.8, 4) is 11.1 Å². The van der Waals surface area contributed by atoms with Gasteiger partial charge in [-0.15, -0.1) is 0 Å². The first-order valence-electron chi connectivity index (χ1n) is 5.70. The van der Waals surface area contributed by atoms with Crippen molar-refractivity contribution in [1.29, 1.82) is 0 Å². The van der Waals surface area contributed by atoms with Crippen LogP contribution in [0.2, 0.25) is 0 Å². The van der Waals surface area contributed by atoms with Crippen molar-refractivity contribution in [2.24, 2.45) is 0 Å². The summed E-state index contributed by atoms with van der Waals surface area (Å²) in [5, 5.41) is 8.94. The molecule has 0 aromatic carbocycles. The van der Waals surface area contributed by atoms with Crippen LogP contribution < -0.4 is 10.6 Å². The highest BCUT2D eigenvalue weighted by atomic mass is 16.3. The van der Waals surface area contributed by atoms with Gasteiger partial charge in [-0.2, -0.15) is 0 Å². The lowest BCUT2D eigenvalue weighted by Gasteiger charge is -2.18. The fourth-order valence-electron chi connectivity index (χ4n) is 1.71. The summed E-state index contributed by atoms with van der Waals surface area (Å²) in [4.78, 5) is 10.1. The van der Waals surface area contributed by atoms with Crippen LogP contribution in [-0.2, 0) is 0 Å². The zero-order valence-corrected chi connectivity index (χ0v) is 10.2. The van der Waals surface area contributed by atoms with Crippen molar-refractivity contribution in [2.45, 2.75) is 0 Å². The Balaban J connectivity index is 2.38. The van der Waals surface area contributed by atoms with Gasteiger partial charge in [0, 0.05) is 26.0 Å². The van der Waals surface area contributed by atoms with Gasteiger partial charge in [0.25, 0.3) is 0 Å². The number of aliphatic hydroxyl groups excluding tert-OH is 1. The largest absolute Gasteiger partial charge is 0.395 e. The first-order chi connectivity index (χ1) is 8.70. The first-order valence-corrected chi connectivity index (χ1v) is 5.70. The van der Waals surface area contributed by atoms with Crippen LogP contribution in [0.5, 0.6) is 0 Å². The molecule has 0 aliphatic rings. The van der Waals surface area contributed by atoms with E-state index in [4.69, 9.17) is 10.8 Å². The number of rotatable bonds is 4. The van der Waals surface area contributed by atoms with E-state index in [9.17, 15) is 0 Å². The normalized spacial score (nSPS) is 10.3. The van der Waals surface area contributed by atoms with E-state index in [-0.39, 0.29) is 6.61 Å². The van der Waals surface area contributed by atoms with Crippen LogP contribution in [0.1, 0.15) is 0 Å². The van der Waals surface area contributed by atoms with Crippen LogP contribution in [0, 0.1) is 0 Å². The molecule has 18 heavy (non-hydrogen) atoms. The maximum Gasteiger partial charge on any atom is 0.131 e. The predicted molar refractivity (Wildman–Crippen MR) is 72.2 cm³/mol. The molecule has 5 heteroatoms. The standard InChI is InChI=1S/C13H16N4O/c1-17(6-7-18)13-9-11(8-12(14)16-13)10-2-4-15-5-3-10/h2-5,8-9,18H,6-7H2,1H3,(H2,14,16). The molecular formula is C13H16N4O. The van der Waals surface area contributed by atoms with Crippen molar-refractivity contribution in [2.75, 3.05) is 30.8 Å². The smallest absolute Gasteiger partial charge is 0.131 e. The molecule has 0 atom stereocenters. The van der Waals surface area contributed by atoms with Crippen LogP contribution >= 0.6 is 0 Å². The van der Waals surface area contributed by atoms with Gasteiger partial charge in [0.1, 0.15) is 11.6 Å². The van der Waals surface area contributed by atoms with Gasteiger partial charge in [-0.25, -0.2) is 4.98 Å². The first kappa shape index (κ1) is 12.3. The number of nitrogens with two attached hydrogens (primary N) is 1. The summed E-state index contributed by atoms with van der Waals surface area (Å²) < 4.78 is 0. The van der Waals surface area contributed by atoms with Gasteiger partial charge >= 0.3 is 0 Å². The zero-order chi connectivity index (χ0) is 13.0. The second-order valence-corrected chi connectivity index (χ2v) is 4.02. The monoisotopic (exact) mass is 244 g/mol. The lowest BCUT2D eigenvalue weighted by Crippen LogP contribution is -2.22. The summed E-state index contributed by atoms with van der Waals surface area (Å²) in [7, 11) is 1.87. The number of likely N-dealkylation sites (N-methyl/N-ethyl adjacent to an activating group) is 1. The topological polar surface area (TPSA) is 75.3 Å². The molecule has 0 aliphatic carbocycles.